The van der Waals surface area contributed by atoms with Crippen LogP contribution in [0.5, 0.6) is 0 Å². The van der Waals surface area contributed by atoms with Crippen LogP contribution in [0.25, 0.3) is 0 Å². The van der Waals surface area contributed by atoms with Gasteiger partial charge in [-0.1, -0.05) is 17.7 Å². The fraction of sp³-hybridized carbons (Fsp3) is 0.214. The molecule has 0 aliphatic heterocycles. The van der Waals surface area contributed by atoms with Crippen molar-refractivity contribution in [1.29, 1.82) is 5.26 Å². The van der Waals surface area contributed by atoms with Crippen molar-refractivity contribution in [3.8, 4) is 6.07 Å². The zero-order valence-electron chi connectivity index (χ0n) is 11.8. The normalized spacial score (nSPS) is 10.8. The van der Waals surface area contributed by atoms with E-state index in [1.807, 2.05) is 0 Å². The van der Waals surface area contributed by atoms with Crippen LogP contribution in [0.15, 0.2) is 24.3 Å². The van der Waals surface area contributed by atoms with Crippen LogP contribution in [0.2, 0.25) is 5.15 Å². The maximum atomic E-state index is 11.1. The third-order valence-electron chi connectivity index (χ3n) is 2.90. The molecule has 2 aromatic heterocycles. The molecule has 0 saturated carbocycles. The quantitative estimate of drug-likeness (QED) is 0.891. The fourth-order valence-corrected chi connectivity index (χ4v) is 1.82. The second kappa shape index (κ2) is 5.95. The van der Waals surface area contributed by atoms with Crippen molar-refractivity contribution in [2.75, 3.05) is 5.32 Å². The number of hydrogen-bond acceptors (Lipinski definition) is 6. The van der Waals surface area contributed by atoms with Crippen molar-refractivity contribution >= 4 is 29.1 Å². The van der Waals surface area contributed by atoms with Crippen LogP contribution in [-0.2, 0) is 5.41 Å². The minimum Gasteiger partial charge on any atom is -0.476 e. The molecule has 0 aliphatic rings. The average molecular weight is 318 g/mol. The summed E-state index contributed by atoms with van der Waals surface area (Å²) < 4.78 is 0. The minimum atomic E-state index is -1.24. The number of aromatic nitrogens is 3. The number of carbonyl (C=O) groups is 1. The number of rotatable bonds is 4. The number of hydrogen-bond donors (Lipinski definition) is 2. The van der Waals surface area contributed by atoms with Crippen molar-refractivity contribution in [2.45, 2.75) is 19.3 Å². The first-order chi connectivity index (χ1) is 10.3. The molecule has 0 amide bonds. The largest absolute Gasteiger partial charge is 0.476 e. The number of anilines is 2. The second-order valence-corrected chi connectivity index (χ2v) is 5.39. The van der Waals surface area contributed by atoms with E-state index in [1.165, 1.54) is 6.07 Å². The Balaban J connectivity index is 2.41. The Labute approximate surface area is 131 Å². The molecule has 0 atom stereocenters. The average Bonchev–Trinajstić information content (AvgIpc) is 2.47. The van der Waals surface area contributed by atoms with E-state index < -0.39 is 11.4 Å². The smallest absolute Gasteiger partial charge is 0.358 e. The summed E-state index contributed by atoms with van der Waals surface area (Å²) in [4.78, 5) is 15.5. The molecule has 112 valence electrons. The molecule has 0 radical (unpaired) electrons. The van der Waals surface area contributed by atoms with Crippen LogP contribution in [0.1, 0.15) is 30.0 Å². The first-order valence-corrected chi connectivity index (χ1v) is 6.63. The van der Waals surface area contributed by atoms with Gasteiger partial charge in [0.25, 0.3) is 0 Å². The Kier molecular flexibility index (Phi) is 4.24. The van der Waals surface area contributed by atoms with Gasteiger partial charge < -0.3 is 10.4 Å². The van der Waals surface area contributed by atoms with Gasteiger partial charge >= 0.3 is 5.97 Å². The lowest BCUT2D eigenvalue weighted by atomic mass is 9.91. The number of nitriles is 1. The van der Waals surface area contributed by atoms with E-state index >= 15 is 0 Å². The van der Waals surface area contributed by atoms with Gasteiger partial charge in [0.1, 0.15) is 5.82 Å². The molecule has 7 nitrogen and oxygen atoms in total. The highest BCUT2D eigenvalue weighted by Crippen LogP contribution is 2.24. The van der Waals surface area contributed by atoms with Gasteiger partial charge in [-0.2, -0.15) is 5.26 Å². The van der Waals surface area contributed by atoms with Crippen LogP contribution in [0.3, 0.4) is 0 Å². The third-order valence-corrected chi connectivity index (χ3v) is 3.08. The van der Waals surface area contributed by atoms with E-state index in [4.69, 9.17) is 22.0 Å². The van der Waals surface area contributed by atoms with E-state index in [2.05, 4.69) is 26.6 Å². The Morgan fingerprint density at radius 2 is 2.14 bits per heavy atom. The molecule has 2 N–H and O–H groups in total. The van der Waals surface area contributed by atoms with Gasteiger partial charge in [0, 0.05) is 6.07 Å². The van der Waals surface area contributed by atoms with Crippen molar-refractivity contribution < 1.29 is 9.90 Å². The van der Waals surface area contributed by atoms with Crippen LogP contribution in [0, 0.1) is 11.3 Å². The summed E-state index contributed by atoms with van der Waals surface area (Å²) >= 11 is 5.74. The van der Waals surface area contributed by atoms with Crippen LogP contribution >= 0.6 is 11.6 Å². The molecule has 22 heavy (non-hydrogen) atoms. The molecule has 2 rings (SSSR count). The number of carboxylic acids is 1. The van der Waals surface area contributed by atoms with Gasteiger partial charge in [-0.05, 0) is 26.0 Å². The number of pyridine rings is 1. The van der Waals surface area contributed by atoms with Gasteiger partial charge in [0.2, 0.25) is 0 Å². The van der Waals surface area contributed by atoms with Crippen LogP contribution < -0.4 is 5.32 Å². The van der Waals surface area contributed by atoms with E-state index in [-0.39, 0.29) is 16.5 Å². The molecular formula is C14H12ClN5O2. The maximum Gasteiger partial charge on any atom is 0.358 e. The standard InChI is InChI=1S/C14H12ClN5O2/c1-14(2,7-16)9-4-3-5-11(18-9)17-8-6-10(15)19-20-12(8)13(21)22/h3-6H,1-2H3,(H,21,22)(H,17,18,19). The van der Waals surface area contributed by atoms with Crippen LogP contribution in [0.4, 0.5) is 11.5 Å². The van der Waals surface area contributed by atoms with E-state index in [1.54, 1.807) is 32.0 Å². The lowest BCUT2D eigenvalue weighted by Gasteiger charge is -2.16. The van der Waals surface area contributed by atoms with Crippen LogP contribution in [-0.4, -0.2) is 26.3 Å². The Morgan fingerprint density at radius 1 is 1.41 bits per heavy atom. The van der Waals surface area contributed by atoms with Gasteiger partial charge in [-0.15, -0.1) is 10.2 Å². The van der Waals surface area contributed by atoms with E-state index in [9.17, 15) is 4.79 Å². The van der Waals surface area contributed by atoms with E-state index in [0.717, 1.165) is 0 Å². The molecule has 0 fully saturated rings. The minimum absolute atomic E-state index is 0.0565. The highest BCUT2D eigenvalue weighted by atomic mass is 35.5. The summed E-state index contributed by atoms with van der Waals surface area (Å²) in [6.45, 7) is 3.49. The molecule has 0 aromatic carbocycles. The third kappa shape index (κ3) is 3.30. The fourth-order valence-electron chi connectivity index (χ4n) is 1.67. The number of carboxylic acid groups (broad SMARTS) is 1. The zero-order valence-corrected chi connectivity index (χ0v) is 12.6. The Morgan fingerprint density at radius 3 is 2.77 bits per heavy atom. The van der Waals surface area contributed by atoms with Crippen molar-refractivity contribution in [2.24, 2.45) is 0 Å². The number of nitrogens with one attached hydrogen (secondary N) is 1. The second-order valence-electron chi connectivity index (χ2n) is 5.00. The molecule has 0 saturated heterocycles. The monoisotopic (exact) mass is 317 g/mol. The summed E-state index contributed by atoms with van der Waals surface area (Å²) in [7, 11) is 0. The highest BCUT2D eigenvalue weighted by Gasteiger charge is 2.22. The first kappa shape index (κ1) is 15.7. The van der Waals surface area contributed by atoms with Gasteiger partial charge in [-0.25, -0.2) is 9.78 Å². The Bertz CT molecular complexity index is 770. The molecule has 8 heteroatoms. The summed E-state index contributed by atoms with van der Waals surface area (Å²) in [6.07, 6.45) is 0. The molecular weight excluding hydrogens is 306 g/mol. The van der Waals surface area contributed by atoms with Crippen molar-refractivity contribution in [3.63, 3.8) is 0 Å². The molecule has 0 spiro atoms. The van der Waals surface area contributed by atoms with Gasteiger partial charge in [-0.3, -0.25) is 0 Å². The molecule has 2 aromatic rings. The van der Waals surface area contributed by atoms with Gasteiger partial charge in [0.05, 0.1) is 22.9 Å². The zero-order chi connectivity index (χ0) is 16.3. The SMILES string of the molecule is CC(C)(C#N)c1cccc(Nc2cc(Cl)nnc2C(=O)O)n1. The lowest BCUT2D eigenvalue weighted by Crippen LogP contribution is -2.16. The van der Waals surface area contributed by atoms with E-state index in [0.29, 0.717) is 11.5 Å². The molecule has 0 bridgehead atoms. The van der Waals surface area contributed by atoms with Crippen molar-refractivity contribution in [3.05, 3.63) is 40.8 Å². The topological polar surface area (TPSA) is 112 Å². The molecule has 0 unspecified atom stereocenters. The lowest BCUT2D eigenvalue weighted by molar-refractivity contribution is 0.0690. The number of nitrogens with zero attached hydrogens (tertiary/aromatic N) is 4. The first-order valence-electron chi connectivity index (χ1n) is 6.26. The predicted molar refractivity (Wildman–Crippen MR) is 80.2 cm³/mol. The summed E-state index contributed by atoms with van der Waals surface area (Å²) in [5, 5.41) is 28.2. The maximum absolute atomic E-state index is 11.1. The number of halogens is 1. The van der Waals surface area contributed by atoms with Crippen molar-refractivity contribution in [1.82, 2.24) is 15.2 Å². The number of aromatic carboxylic acids is 1. The Hall–Kier alpha value is -2.72. The predicted octanol–water partition coefficient (Wildman–Crippen LogP) is 2.77. The summed E-state index contributed by atoms with van der Waals surface area (Å²) in [5.41, 5.74) is -0.297. The summed E-state index contributed by atoms with van der Waals surface area (Å²) in [6, 6.07) is 8.61. The highest BCUT2D eigenvalue weighted by molar-refractivity contribution is 6.29. The summed E-state index contributed by atoms with van der Waals surface area (Å²) in [5.74, 6) is -0.854. The molecule has 0 aliphatic carbocycles. The van der Waals surface area contributed by atoms with Gasteiger partial charge in [0.15, 0.2) is 10.8 Å². The molecule has 2 heterocycles.